The van der Waals surface area contributed by atoms with Crippen LogP contribution in [-0.2, 0) is 9.59 Å². The van der Waals surface area contributed by atoms with Crippen LogP contribution >= 0.6 is 0 Å². The normalized spacial score (nSPS) is 25.9. The summed E-state index contributed by atoms with van der Waals surface area (Å²) in [5.74, 6) is 1.05. The summed E-state index contributed by atoms with van der Waals surface area (Å²) in [6.45, 7) is 3.07. The van der Waals surface area contributed by atoms with Gasteiger partial charge in [-0.2, -0.15) is 0 Å². The van der Waals surface area contributed by atoms with E-state index in [9.17, 15) is 9.59 Å². The van der Waals surface area contributed by atoms with Crippen molar-refractivity contribution >= 4 is 11.8 Å². The number of piperidine rings is 1. The molecule has 0 aromatic heterocycles. The lowest BCUT2D eigenvalue weighted by Crippen LogP contribution is -2.47. The summed E-state index contributed by atoms with van der Waals surface area (Å²) >= 11 is 0. The zero-order valence-corrected chi connectivity index (χ0v) is 15.8. The Labute approximate surface area is 160 Å². The predicted molar refractivity (Wildman–Crippen MR) is 102 cm³/mol. The number of carbonyl (C=O) groups excluding carboxylic acids is 2. The number of rotatable bonds is 4. The molecule has 3 heterocycles. The summed E-state index contributed by atoms with van der Waals surface area (Å²) in [5.41, 5.74) is 0. The van der Waals surface area contributed by atoms with Crippen LogP contribution in [0.5, 0.6) is 5.75 Å². The van der Waals surface area contributed by atoms with Gasteiger partial charge in [-0.3, -0.25) is 9.59 Å². The fourth-order valence-corrected chi connectivity index (χ4v) is 4.53. The molecule has 3 aliphatic heterocycles. The molecule has 27 heavy (non-hydrogen) atoms. The molecule has 2 atom stereocenters. The molecule has 0 saturated carbocycles. The number of nitrogens with zero attached hydrogens (tertiary/aromatic N) is 2. The highest BCUT2D eigenvalue weighted by Gasteiger charge is 2.35. The van der Waals surface area contributed by atoms with Gasteiger partial charge >= 0.3 is 0 Å². The molecule has 0 spiro atoms. The molecule has 3 saturated heterocycles. The van der Waals surface area contributed by atoms with Crippen molar-refractivity contribution in [2.24, 2.45) is 5.92 Å². The zero-order chi connectivity index (χ0) is 18.6. The lowest BCUT2D eigenvalue weighted by molar-refractivity contribution is -0.141. The number of amides is 2. The van der Waals surface area contributed by atoms with E-state index in [1.807, 2.05) is 35.2 Å². The fourth-order valence-electron chi connectivity index (χ4n) is 4.53. The monoisotopic (exact) mass is 371 g/mol. The zero-order valence-electron chi connectivity index (χ0n) is 15.8. The summed E-state index contributed by atoms with van der Waals surface area (Å²) in [7, 11) is 0. The van der Waals surface area contributed by atoms with Crippen molar-refractivity contribution in [2.75, 3.05) is 32.8 Å². The molecule has 4 rings (SSSR count). The van der Waals surface area contributed by atoms with Crippen molar-refractivity contribution in [3.63, 3.8) is 0 Å². The smallest absolute Gasteiger partial charge is 0.260 e. The molecule has 146 valence electrons. The lowest BCUT2D eigenvalue weighted by Gasteiger charge is -2.34. The minimum Gasteiger partial charge on any atom is -0.484 e. The number of nitrogens with one attached hydrogen (secondary N) is 1. The molecule has 1 aromatic carbocycles. The summed E-state index contributed by atoms with van der Waals surface area (Å²) < 4.78 is 5.56. The van der Waals surface area contributed by atoms with Crippen LogP contribution in [0.1, 0.15) is 32.1 Å². The quantitative estimate of drug-likeness (QED) is 0.874. The number of hydrogen-bond donors (Lipinski definition) is 1. The second-order valence-corrected chi connectivity index (χ2v) is 7.97. The van der Waals surface area contributed by atoms with Crippen molar-refractivity contribution in [3.8, 4) is 5.75 Å². The highest BCUT2D eigenvalue weighted by molar-refractivity contribution is 5.80. The molecule has 6 nitrogen and oxygen atoms in total. The van der Waals surface area contributed by atoms with Gasteiger partial charge < -0.3 is 19.9 Å². The third-order valence-electron chi connectivity index (χ3n) is 6.14. The summed E-state index contributed by atoms with van der Waals surface area (Å²) in [6, 6.07) is 10.5. The summed E-state index contributed by atoms with van der Waals surface area (Å²) in [6.07, 6.45) is 5.01. The highest BCUT2D eigenvalue weighted by atomic mass is 16.5. The standard InChI is InChI=1S/C21H29N3O3/c25-20(15-27-19-4-2-1-3-5-19)23-11-8-16(9-12-23)21(26)24-13-10-17-6-7-18(14-24)22-17/h1-5,16-18,22H,6-15H2. The molecule has 0 aliphatic carbocycles. The van der Waals surface area contributed by atoms with Gasteiger partial charge in [-0.1, -0.05) is 18.2 Å². The van der Waals surface area contributed by atoms with Crippen LogP contribution in [0, 0.1) is 5.92 Å². The Balaban J connectivity index is 1.23. The van der Waals surface area contributed by atoms with Crippen LogP contribution in [0.2, 0.25) is 0 Å². The Bertz CT molecular complexity index is 658. The van der Waals surface area contributed by atoms with E-state index in [0.29, 0.717) is 30.9 Å². The maximum atomic E-state index is 12.9. The number of likely N-dealkylation sites (tertiary alicyclic amines) is 2. The first kappa shape index (κ1) is 18.3. The number of ether oxygens (including phenoxy) is 1. The Kier molecular flexibility index (Phi) is 5.62. The third-order valence-corrected chi connectivity index (χ3v) is 6.14. The van der Waals surface area contributed by atoms with Crippen LogP contribution in [0.25, 0.3) is 0 Å². The van der Waals surface area contributed by atoms with Crippen LogP contribution in [0.4, 0.5) is 0 Å². The van der Waals surface area contributed by atoms with E-state index in [4.69, 9.17) is 4.74 Å². The molecule has 3 fully saturated rings. The van der Waals surface area contributed by atoms with Crippen molar-refractivity contribution in [1.82, 2.24) is 15.1 Å². The number of carbonyl (C=O) groups is 2. The largest absolute Gasteiger partial charge is 0.484 e. The Hall–Kier alpha value is -2.08. The van der Waals surface area contributed by atoms with Gasteiger partial charge in [0.1, 0.15) is 5.75 Å². The van der Waals surface area contributed by atoms with Crippen molar-refractivity contribution in [1.29, 1.82) is 0 Å². The van der Waals surface area contributed by atoms with E-state index in [1.165, 1.54) is 12.8 Å². The molecule has 6 heteroatoms. The molecule has 2 bridgehead atoms. The Morgan fingerprint density at radius 1 is 0.926 bits per heavy atom. The lowest BCUT2D eigenvalue weighted by atomic mass is 9.94. The number of benzene rings is 1. The second kappa shape index (κ2) is 8.30. The van der Waals surface area contributed by atoms with Gasteiger partial charge in [0, 0.05) is 44.2 Å². The van der Waals surface area contributed by atoms with Gasteiger partial charge in [0.2, 0.25) is 5.91 Å². The fraction of sp³-hybridized carbons (Fsp3) is 0.619. The van der Waals surface area contributed by atoms with Gasteiger partial charge in [-0.25, -0.2) is 0 Å². The second-order valence-electron chi connectivity index (χ2n) is 7.97. The number of hydrogen-bond acceptors (Lipinski definition) is 4. The van der Waals surface area contributed by atoms with E-state index in [0.717, 1.165) is 32.4 Å². The van der Waals surface area contributed by atoms with Crippen LogP contribution in [-0.4, -0.2) is 66.5 Å². The van der Waals surface area contributed by atoms with E-state index < -0.39 is 0 Å². The molecule has 2 unspecified atom stereocenters. The molecule has 0 radical (unpaired) electrons. The number of para-hydroxylation sites is 1. The van der Waals surface area contributed by atoms with Gasteiger partial charge in [-0.15, -0.1) is 0 Å². The van der Waals surface area contributed by atoms with Crippen LogP contribution in [0.15, 0.2) is 30.3 Å². The average molecular weight is 371 g/mol. The minimum atomic E-state index is 0.000958. The first-order valence-corrected chi connectivity index (χ1v) is 10.2. The van der Waals surface area contributed by atoms with Gasteiger partial charge in [0.15, 0.2) is 6.61 Å². The summed E-state index contributed by atoms with van der Waals surface area (Å²) in [5, 5.41) is 3.63. The molecule has 1 aromatic rings. The Morgan fingerprint density at radius 2 is 1.63 bits per heavy atom. The molecule has 3 aliphatic rings. The highest BCUT2D eigenvalue weighted by Crippen LogP contribution is 2.25. The molecule has 1 N–H and O–H groups in total. The van der Waals surface area contributed by atoms with E-state index in [1.54, 1.807) is 0 Å². The maximum absolute atomic E-state index is 12.9. The molecular weight excluding hydrogens is 342 g/mol. The van der Waals surface area contributed by atoms with Crippen molar-refractivity contribution < 1.29 is 14.3 Å². The SMILES string of the molecule is O=C(COc1ccccc1)N1CCC(C(=O)N2CCC3CCC(C2)N3)CC1. The first-order chi connectivity index (χ1) is 13.2. The first-order valence-electron chi connectivity index (χ1n) is 10.2. The van der Waals surface area contributed by atoms with E-state index >= 15 is 0 Å². The van der Waals surface area contributed by atoms with Crippen molar-refractivity contribution in [2.45, 2.75) is 44.2 Å². The maximum Gasteiger partial charge on any atom is 0.260 e. The van der Waals surface area contributed by atoms with Crippen LogP contribution in [0.3, 0.4) is 0 Å². The van der Waals surface area contributed by atoms with Gasteiger partial charge in [0.25, 0.3) is 5.91 Å². The summed E-state index contributed by atoms with van der Waals surface area (Å²) in [4.78, 5) is 29.2. The minimum absolute atomic E-state index is 0.000958. The van der Waals surface area contributed by atoms with E-state index in [-0.39, 0.29) is 24.3 Å². The topological polar surface area (TPSA) is 61.9 Å². The van der Waals surface area contributed by atoms with E-state index in [2.05, 4.69) is 10.2 Å². The third kappa shape index (κ3) is 4.43. The van der Waals surface area contributed by atoms with Crippen molar-refractivity contribution in [3.05, 3.63) is 30.3 Å². The molecular formula is C21H29N3O3. The molecule has 2 amide bonds. The Morgan fingerprint density at radius 3 is 2.41 bits per heavy atom. The van der Waals surface area contributed by atoms with Gasteiger partial charge in [0.05, 0.1) is 0 Å². The predicted octanol–water partition coefficient (Wildman–Crippen LogP) is 1.66. The number of fused-ring (bicyclic) bond motifs is 2. The van der Waals surface area contributed by atoms with Gasteiger partial charge in [-0.05, 0) is 44.2 Å². The average Bonchev–Trinajstić information content (AvgIpc) is 3.05. The van der Waals surface area contributed by atoms with Crippen LogP contribution < -0.4 is 10.1 Å².